The highest BCUT2D eigenvalue weighted by Crippen LogP contribution is 2.13. The Kier molecular flexibility index (Phi) is 7.81. The van der Waals surface area contributed by atoms with Gasteiger partial charge in [-0.2, -0.15) is 0 Å². The van der Waals surface area contributed by atoms with E-state index in [1.807, 2.05) is 31.2 Å². The van der Waals surface area contributed by atoms with Crippen molar-refractivity contribution in [2.24, 2.45) is 4.99 Å². The molecule has 0 aromatic heterocycles. The number of hydrogen-bond acceptors (Lipinski definition) is 3. The van der Waals surface area contributed by atoms with Crippen LogP contribution >= 0.6 is 0 Å². The maximum absolute atomic E-state index is 11.5. The first-order chi connectivity index (χ1) is 10.6. The second kappa shape index (κ2) is 9.65. The quantitative estimate of drug-likeness (QED) is 0.587. The molecule has 0 unspecified atom stereocenters. The Balaban J connectivity index is 2.55. The molecule has 22 heavy (non-hydrogen) atoms. The van der Waals surface area contributed by atoms with Gasteiger partial charge in [0, 0.05) is 33.6 Å². The summed E-state index contributed by atoms with van der Waals surface area (Å²) in [6.45, 7) is 3.88. The summed E-state index contributed by atoms with van der Waals surface area (Å²) in [7, 11) is 5.16. The predicted molar refractivity (Wildman–Crippen MR) is 89.1 cm³/mol. The van der Waals surface area contributed by atoms with Gasteiger partial charge < -0.3 is 20.3 Å². The number of amides is 1. The largest absolute Gasteiger partial charge is 0.497 e. The number of nitrogens with zero attached hydrogens (tertiary/aromatic N) is 2. The van der Waals surface area contributed by atoms with E-state index >= 15 is 0 Å². The minimum atomic E-state index is 0.0937. The van der Waals surface area contributed by atoms with Crippen molar-refractivity contribution < 1.29 is 9.53 Å². The highest BCUT2D eigenvalue weighted by Gasteiger charge is 2.04. The van der Waals surface area contributed by atoms with Crippen molar-refractivity contribution in [1.82, 2.24) is 15.5 Å². The third kappa shape index (κ3) is 6.47. The Hall–Kier alpha value is -2.24. The number of ether oxygens (including phenoxy) is 1. The highest BCUT2D eigenvalue weighted by atomic mass is 16.5. The van der Waals surface area contributed by atoms with Crippen molar-refractivity contribution >= 4 is 11.9 Å². The van der Waals surface area contributed by atoms with E-state index in [0.717, 1.165) is 17.9 Å². The molecule has 0 atom stereocenters. The SMILES string of the molecule is CCNC(=NCc1cccc(OC)c1)NCCC(=O)N(C)C. The summed E-state index contributed by atoms with van der Waals surface area (Å²) in [6.07, 6.45) is 0.441. The first-order valence-corrected chi connectivity index (χ1v) is 7.42. The van der Waals surface area contributed by atoms with E-state index in [2.05, 4.69) is 15.6 Å². The van der Waals surface area contributed by atoms with E-state index in [4.69, 9.17) is 4.74 Å². The fourth-order valence-electron chi connectivity index (χ4n) is 1.79. The van der Waals surface area contributed by atoms with Crippen LogP contribution in [0.15, 0.2) is 29.3 Å². The fourth-order valence-corrected chi connectivity index (χ4v) is 1.79. The summed E-state index contributed by atoms with van der Waals surface area (Å²) in [5.74, 6) is 1.62. The molecule has 0 heterocycles. The molecule has 0 aliphatic carbocycles. The molecular formula is C16H26N4O2. The van der Waals surface area contributed by atoms with Gasteiger partial charge >= 0.3 is 0 Å². The summed E-state index contributed by atoms with van der Waals surface area (Å²) >= 11 is 0. The van der Waals surface area contributed by atoms with E-state index in [1.165, 1.54) is 0 Å². The summed E-state index contributed by atoms with van der Waals surface area (Å²) in [5, 5.41) is 6.33. The molecule has 6 heteroatoms. The molecule has 0 fully saturated rings. The van der Waals surface area contributed by atoms with E-state index < -0.39 is 0 Å². The number of rotatable bonds is 7. The van der Waals surface area contributed by atoms with Gasteiger partial charge in [0.2, 0.25) is 5.91 Å². The van der Waals surface area contributed by atoms with Crippen LogP contribution in [-0.4, -0.2) is 51.1 Å². The van der Waals surface area contributed by atoms with Crippen LogP contribution in [0.2, 0.25) is 0 Å². The number of aliphatic imine (C=N–C) groups is 1. The molecule has 0 aliphatic rings. The van der Waals surface area contributed by atoms with E-state index in [-0.39, 0.29) is 5.91 Å². The zero-order valence-corrected chi connectivity index (χ0v) is 13.8. The number of benzene rings is 1. The molecule has 122 valence electrons. The van der Waals surface area contributed by atoms with Gasteiger partial charge in [-0.1, -0.05) is 12.1 Å². The standard InChI is InChI=1S/C16H26N4O2/c1-5-17-16(18-10-9-15(21)20(2)3)19-12-13-7-6-8-14(11-13)22-4/h6-8,11H,5,9-10,12H2,1-4H3,(H2,17,18,19). The van der Waals surface area contributed by atoms with Gasteiger partial charge in [0.1, 0.15) is 5.75 Å². The molecule has 2 N–H and O–H groups in total. The molecule has 1 aromatic carbocycles. The number of carbonyl (C=O) groups is 1. The van der Waals surface area contributed by atoms with Crippen LogP contribution in [-0.2, 0) is 11.3 Å². The van der Waals surface area contributed by atoms with Gasteiger partial charge in [-0.05, 0) is 24.6 Å². The van der Waals surface area contributed by atoms with Crippen molar-refractivity contribution in [3.63, 3.8) is 0 Å². The third-order valence-corrected chi connectivity index (χ3v) is 3.03. The molecule has 1 amide bonds. The molecule has 0 spiro atoms. The average molecular weight is 306 g/mol. The molecule has 0 radical (unpaired) electrons. The van der Waals surface area contributed by atoms with Gasteiger partial charge in [0.15, 0.2) is 5.96 Å². The second-order valence-electron chi connectivity index (χ2n) is 5.01. The van der Waals surface area contributed by atoms with Gasteiger partial charge in [0.25, 0.3) is 0 Å². The minimum absolute atomic E-state index is 0.0937. The van der Waals surface area contributed by atoms with E-state index in [9.17, 15) is 4.79 Å². The lowest BCUT2D eigenvalue weighted by atomic mass is 10.2. The lowest BCUT2D eigenvalue weighted by Crippen LogP contribution is -2.39. The number of carbonyl (C=O) groups excluding carboxylic acids is 1. The lowest BCUT2D eigenvalue weighted by molar-refractivity contribution is -0.128. The molecule has 0 saturated heterocycles. The summed E-state index contributed by atoms with van der Waals surface area (Å²) in [5.41, 5.74) is 1.07. The minimum Gasteiger partial charge on any atom is -0.497 e. The van der Waals surface area contributed by atoms with E-state index in [1.54, 1.807) is 26.1 Å². The molecule has 0 bridgehead atoms. The van der Waals surface area contributed by atoms with Crippen molar-refractivity contribution in [2.75, 3.05) is 34.3 Å². The Bertz CT molecular complexity index is 501. The molecule has 1 aromatic rings. The summed E-state index contributed by atoms with van der Waals surface area (Å²) < 4.78 is 5.20. The van der Waals surface area contributed by atoms with Crippen molar-refractivity contribution in [2.45, 2.75) is 19.9 Å². The molecule has 6 nitrogen and oxygen atoms in total. The van der Waals surface area contributed by atoms with Gasteiger partial charge in [-0.3, -0.25) is 4.79 Å². The Morgan fingerprint density at radius 2 is 2.09 bits per heavy atom. The van der Waals surface area contributed by atoms with Crippen molar-refractivity contribution in [1.29, 1.82) is 0 Å². The lowest BCUT2D eigenvalue weighted by Gasteiger charge is -2.13. The smallest absolute Gasteiger partial charge is 0.223 e. The second-order valence-corrected chi connectivity index (χ2v) is 5.01. The van der Waals surface area contributed by atoms with Gasteiger partial charge in [0.05, 0.1) is 13.7 Å². The zero-order valence-electron chi connectivity index (χ0n) is 13.8. The molecule has 0 aliphatic heterocycles. The average Bonchev–Trinajstić information content (AvgIpc) is 2.52. The van der Waals surface area contributed by atoms with Crippen LogP contribution in [0.25, 0.3) is 0 Å². The van der Waals surface area contributed by atoms with Crippen LogP contribution in [0.3, 0.4) is 0 Å². The maximum Gasteiger partial charge on any atom is 0.223 e. The number of hydrogen-bond donors (Lipinski definition) is 2. The monoisotopic (exact) mass is 306 g/mol. The van der Waals surface area contributed by atoms with Gasteiger partial charge in [-0.15, -0.1) is 0 Å². The fraction of sp³-hybridized carbons (Fsp3) is 0.500. The zero-order chi connectivity index (χ0) is 16.4. The first-order valence-electron chi connectivity index (χ1n) is 7.42. The number of methoxy groups -OCH3 is 1. The van der Waals surface area contributed by atoms with Crippen LogP contribution in [0, 0.1) is 0 Å². The number of nitrogens with one attached hydrogen (secondary N) is 2. The summed E-state index contributed by atoms with van der Waals surface area (Å²) in [6, 6.07) is 7.82. The molecule has 1 rings (SSSR count). The normalized spacial score (nSPS) is 11.0. The molecular weight excluding hydrogens is 280 g/mol. The van der Waals surface area contributed by atoms with Crippen molar-refractivity contribution in [3.8, 4) is 5.75 Å². The van der Waals surface area contributed by atoms with Crippen molar-refractivity contribution in [3.05, 3.63) is 29.8 Å². The summed E-state index contributed by atoms with van der Waals surface area (Å²) in [4.78, 5) is 17.6. The molecule has 0 saturated carbocycles. The first kappa shape index (κ1) is 17.8. The Labute approximate surface area is 132 Å². The van der Waals surface area contributed by atoms with Crippen LogP contribution < -0.4 is 15.4 Å². The van der Waals surface area contributed by atoms with Crippen LogP contribution in [0.1, 0.15) is 18.9 Å². The maximum atomic E-state index is 11.5. The third-order valence-electron chi connectivity index (χ3n) is 3.03. The van der Waals surface area contributed by atoms with Crippen LogP contribution in [0.4, 0.5) is 0 Å². The van der Waals surface area contributed by atoms with Crippen LogP contribution in [0.5, 0.6) is 5.75 Å². The van der Waals surface area contributed by atoms with Gasteiger partial charge in [-0.25, -0.2) is 4.99 Å². The number of guanidine groups is 1. The Morgan fingerprint density at radius 1 is 1.32 bits per heavy atom. The topological polar surface area (TPSA) is 66.0 Å². The predicted octanol–water partition coefficient (Wildman–Crippen LogP) is 1.23. The highest BCUT2D eigenvalue weighted by molar-refractivity contribution is 5.81. The Morgan fingerprint density at radius 3 is 2.73 bits per heavy atom. The van der Waals surface area contributed by atoms with E-state index in [0.29, 0.717) is 25.5 Å².